The molecule has 4 rings (SSSR count). The summed E-state index contributed by atoms with van der Waals surface area (Å²) in [4.78, 5) is 17.4. The van der Waals surface area contributed by atoms with Gasteiger partial charge in [-0.05, 0) is 42.5 Å². The number of nitrogens with one attached hydrogen (secondary N) is 1. The number of hydrogen-bond donors (Lipinski definition) is 2. The summed E-state index contributed by atoms with van der Waals surface area (Å²) in [6.45, 7) is 0. The molecule has 8 heteroatoms. The van der Waals surface area contributed by atoms with Crippen molar-refractivity contribution in [2.75, 3.05) is 5.32 Å². The Bertz CT molecular complexity index is 933. The summed E-state index contributed by atoms with van der Waals surface area (Å²) in [5.41, 5.74) is 7.04. The number of benzene rings is 1. The molecule has 3 aromatic rings. The molecule has 0 atom stereocenters. The molecule has 0 radical (unpaired) electrons. The van der Waals surface area contributed by atoms with Gasteiger partial charge in [0.2, 0.25) is 0 Å². The predicted molar refractivity (Wildman–Crippen MR) is 101 cm³/mol. The highest BCUT2D eigenvalue weighted by Crippen LogP contribution is 2.36. The smallest absolute Gasteiger partial charge is 0.265 e. The zero-order chi connectivity index (χ0) is 18.1. The van der Waals surface area contributed by atoms with Crippen molar-refractivity contribution in [2.45, 2.75) is 31.2 Å². The summed E-state index contributed by atoms with van der Waals surface area (Å²) in [5.74, 6) is 0.682. The maximum Gasteiger partial charge on any atom is 0.265 e. The number of halogens is 1. The van der Waals surface area contributed by atoms with Crippen LogP contribution >= 0.6 is 22.9 Å². The molecule has 1 aliphatic rings. The average molecular weight is 389 g/mol. The lowest BCUT2D eigenvalue weighted by atomic mass is 9.99. The Kier molecular flexibility index (Phi) is 4.52. The van der Waals surface area contributed by atoms with Gasteiger partial charge in [0.05, 0.1) is 21.1 Å². The second-order valence-electron chi connectivity index (χ2n) is 6.41. The molecule has 1 aromatic carbocycles. The molecular formula is C18H17ClN4O2S. The number of carbonyl (C=O) groups is 1. The van der Waals surface area contributed by atoms with Gasteiger partial charge < -0.3 is 15.6 Å². The van der Waals surface area contributed by atoms with Crippen molar-refractivity contribution in [1.29, 1.82) is 0 Å². The topological polar surface area (TPSA) is 94.0 Å². The summed E-state index contributed by atoms with van der Waals surface area (Å²) < 4.78 is 5.41. The number of nitrogens with two attached hydrogens (primary N) is 1. The van der Waals surface area contributed by atoms with Crippen molar-refractivity contribution in [2.24, 2.45) is 5.73 Å². The minimum Gasteiger partial charge on any atom is -0.334 e. The van der Waals surface area contributed by atoms with Crippen LogP contribution in [0.1, 0.15) is 41.2 Å². The second kappa shape index (κ2) is 6.83. The molecule has 1 amide bonds. The van der Waals surface area contributed by atoms with Crippen LogP contribution in [0.4, 0.5) is 5.69 Å². The monoisotopic (exact) mass is 388 g/mol. The maximum atomic E-state index is 12.3. The number of nitrogens with zero attached hydrogens (tertiary/aromatic N) is 2. The van der Waals surface area contributed by atoms with Gasteiger partial charge in [-0.3, -0.25) is 4.79 Å². The number of aromatic nitrogens is 2. The van der Waals surface area contributed by atoms with Crippen LogP contribution in [0, 0.1) is 0 Å². The minimum absolute atomic E-state index is 0.211. The van der Waals surface area contributed by atoms with E-state index < -0.39 is 5.54 Å². The number of anilines is 1. The first-order chi connectivity index (χ1) is 12.5. The highest BCUT2D eigenvalue weighted by atomic mass is 35.5. The number of hydrogen-bond acceptors (Lipinski definition) is 6. The molecule has 0 aliphatic heterocycles. The number of thiophene rings is 1. The SMILES string of the molecule is NC1(c2noc(-c3ccc(Cl)c(NC(=O)c4cccs4)c3)n2)CCCC1. The quantitative estimate of drug-likeness (QED) is 0.689. The van der Waals surface area contributed by atoms with Crippen molar-refractivity contribution in [1.82, 2.24) is 10.1 Å². The van der Waals surface area contributed by atoms with Crippen LogP contribution in [0.25, 0.3) is 11.5 Å². The van der Waals surface area contributed by atoms with Gasteiger partial charge in [-0.25, -0.2) is 0 Å². The highest BCUT2D eigenvalue weighted by molar-refractivity contribution is 7.12. The standard InChI is InChI=1S/C18H17ClN4O2S/c19-12-6-5-11(10-13(12)21-15(24)14-4-3-9-26-14)16-22-17(23-25-16)18(20)7-1-2-8-18/h3-6,9-10H,1-2,7-8,20H2,(H,21,24). The molecule has 1 aliphatic carbocycles. The number of carbonyl (C=O) groups excluding carboxylic acids is 1. The lowest BCUT2D eigenvalue weighted by molar-refractivity contribution is 0.103. The van der Waals surface area contributed by atoms with Crippen LogP contribution in [0.3, 0.4) is 0 Å². The fourth-order valence-electron chi connectivity index (χ4n) is 3.12. The molecule has 26 heavy (non-hydrogen) atoms. The van der Waals surface area contributed by atoms with Crippen LogP contribution in [-0.2, 0) is 5.54 Å². The molecule has 2 heterocycles. The number of rotatable bonds is 4. The van der Waals surface area contributed by atoms with E-state index in [-0.39, 0.29) is 5.91 Å². The van der Waals surface area contributed by atoms with Gasteiger partial charge in [-0.15, -0.1) is 11.3 Å². The first-order valence-electron chi connectivity index (χ1n) is 8.33. The Morgan fingerprint density at radius 1 is 1.31 bits per heavy atom. The molecule has 3 N–H and O–H groups in total. The third-order valence-corrected chi connectivity index (χ3v) is 5.77. The van der Waals surface area contributed by atoms with Gasteiger partial charge in [0, 0.05) is 5.56 Å². The van der Waals surface area contributed by atoms with Gasteiger partial charge in [0.15, 0.2) is 5.82 Å². The van der Waals surface area contributed by atoms with Crippen molar-refractivity contribution in [3.8, 4) is 11.5 Å². The van der Waals surface area contributed by atoms with E-state index in [0.29, 0.717) is 32.9 Å². The van der Waals surface area contributed by atoms with Gasteiger partial charge in [-0.2, -0.15) is 4.98 Å². The van der Waals surface area contributed by atoms with Crippen LogP contribution in [0.15, 0.2) is 40.2 Å². The molecule has 134 valence electrons. The van der Waals surface area contributed by atoms with Crippen LogP contribution in [-0.4, -0.2) is 16.0 Å². The van der Waals surface area contributed by atoms with E-state index in [0.717, 1.165) is 25.7 Å². The van der Waals surface area contributed by atoms with Crippen molar-refractivity contribution in [3.05, 3.63) is 51.4 Å². The zero-order valence-corrected chi connectivity index (χ0v) is 15.4. The number of amides is 1. The lowest BCUT2D eigenvalue weighted by Crippen LogP contribution is -2.34. The van der Waals surface area contributed by atoms with Gasteiger partial charge >= 0.3 is 0 Å². The van der Waals surface area contributed by atoms with E-state index in [1.807, 2.05) is 11.4 Å². The van der Waals surface area contributed by atoms with Crippen LogP contribution < -0.4 is 11.1 Å². The molecule has 1 fully saturated rings. The van der Waals surface area contributed by atoms with E-state index in [1.165, 1.54) is 11.3 Å². The molecule has 0 unspecified atom stereocenters. The molecular weight excluding hydrogens is 372 g/mol. The largest absolute Gasteiger partial charge is 0.334 e. The van der Waals surface area contributed by atoms with Crippen molar-refractivity contribution >= 4 is 34.5 Å². The fraction of sp³-hybridized carbons (Fsp3) is 0.278. The molecule has 6 nitrogen and oxygen atoms in total. The first kappa shape index (κ1) is 17.2. The van der Waals surface area contributed by atoms with Gasteiger partial charge in [0.25, 0.3) is 11.8 Å². The normalized spacial score (nSPS) is 15.9. The lowest BCUT2D eigenvalue weighted by Gasteiger charge is -2.17. The van der Waals surface area contributed by atoms with Gasteiger partial charge in [-0.1, -0.05) is 35.7 Å². The molecule has 1 saturated carbocycles. The Balaban J connectivity index is 1.60. The summed E-state index contributed by atoms with van der Waals surface area (Å²) in [6, 6.07) is 8.77. The molecule has 0 spiro atoms. The Morgan fingerprint density at radius 3 is 2.85 bits per heavy atom. The van der Waals surface area contributed by atoms with E-state index in [9.17, 15) is 4.79 Å². The summed E-state index contributed by atoms with van der Waals surface area (Å²) in [5, 5.41) is 9.17. The average Bonchev–Trinajstić information content (AvgIpc) is 3.38. The van der Waals surface area contributed by atoms with Crippen LogP contribution in [0.2, 0.25) is 5.02 Å². The summed E-state index contributed by atoms with van der Waals surface area (Å²) >= 11 is 7.59. The van der Waals surface area contributed by atoms with E-state index in [2.05, 4.69) is 15.5 Å². The third kappa shape index (κ3) is 3.25. The van der Waals surface area contributed by atoms with Crippen molar-refractivity contribution in [3.63, 3.8) is 0 Å². The van der Waals surface area contributed by atoms with Crippen LogP contribution in [0.5, 0.6) is 0 Å². The second-order valence-corrected chi connectivity index (χ2v) is 7.77. The molecule has 2 aromatic heterocycles. The fourth-order valence-corrected chi connectivity index (χ4v) is 3.90. The summed E-state index contributed by atoms with van der Waals surface area (Å²) in [7, 11) is 0. The Hall–Kier alpha value is -2.22. The first-order valence-corrected chi connectivity index (χ1v) is 9.59. The molecule has 0 saturated heterocycles. The molecule has 0 bridgehead atoms. The summed E-state index contributed by atoms with van der Waals surface area (Å²) in [6.07, 6.45) is 3.85. The highest BCUT2D eigenvalue weighted by Gasteiger charge is 2.36. The van der Waals surface area contributed by atoms with E-state index >= 15 is 0 Å². The predicted octanol–water partition coefficient (Wildman–Crippen LogP) is 4.43. The Morgan fingerprint density at radius 2 is 2.12 bits per heavy atom. The van der Waals surface area contributed by atoms with E-state index in [1.54, 1.807) is 24.3 Å². The maximum absolute atomic E-state index is 12.3. The van der Waals surface area contributed by atoms with E-state index in [4.69, 9.17) is 21.9 Å². The Labute approximate surface area is 159 Å². The zero-order valence-electron chi connectivity index (χ0n) is 13.9. The van der Waals surface area contributed by atoms with Crippen molar-refractivity contribution < 1.29 is 9.32 Å². The minimum atomic E-state index is -0.510. The van der Waals surface area contributed by atoms with Gasteiger partial charge in [0.1, 0.15) is 0 Å². The third-order valence-electron chi connectivity index (χ3n) is 4.57.